The van der Waals surface area contributed by atoms with Crippen LogP contribution in [0.4, 0.5) is 11.9 Å². The summed E-state index contributed by atoms with van der Waals surface area (Å²) >= 11 is 1.94. The Labute approximate surface area is 104 Å². The molecule has 1 aromatic rings. The number of nitrogens with two attached hydrogens (primary N) is 1. The van der Waals surface area contributed by atoms with Crippen molar-refractivity contribution in [3.8, 4) is 6.01 Å². The fourth-order valence-corrected chi connectivity index (χ4v) is 2.69. The molecule has 17 heavy (non-hydrogen) atoms. The number of thioether (sulfide) groups is 1. The maximum absolute atomic E-state index is 5.29. The normalized spacial score (nSPS) is 19.8. The third-order valence-corrected chi connectivity index (χ3v) is 3.64. The second kappa shape index (κ2) is 5.87. The highest BCUT2D eigenvalue weighted by molar-refractivity contribution is 7.99. The molecular weight excluding hydrogens is 240 g/mol. The predicted octanol–water partition coefficient (Wildman–Crippen LogP) is 0.473. The van der Waals surface area contributed by atoms with E-state index in [0.29, 0.717) is 17.9 Å². The van der Waals surface area contributed by atoms with E-state index < -0.39 is 0 Å². The monoisotopic (exact) mass is 256 g/mol. The minimum Gasteiger partial charge on any atom is -0.467 e. The summed E-state index contributed by atoms with van der Waals surface area (Å²) in [6.45, 7) is 0. The lowest BCUT2D eigenvalue weighted by atomic mass is 10.2. The maximum Gasteiger partial charge on any atom is 0.322 e. The van der Waals surface area contributed by atoms with Crippen LogP contribution in [0.2, 0.25) is 0 Å². The van der Waals surface area contributed by atoms with Gasteiger partial charge in [0.1, 0.15) is 0 Å². The summed E-state index contributed by atoms with van der Waals surface area (Å²) in [5, 5.41) is 3.27. The minimum atomic E-state index is 0.249. The molecule has 1 fully saturated rings. The molecule has 1 unspecified atom stereocenters. The van der Waals surface area contributed by atoms with Crippen molar-refractivity contribution in [2.24, 2.45) is 5.84 Å². The summed E-state index contributed by atoms with van der Waals surface area (Å²) in [5.41, 5.74) is 2.39. The number of nitrogens with one attached hydrogen (secondary N) is 2. The van der Waals surface area contributed by atoms with E-state index in [9.17, 15) is 0 Å². The lowest BCUT2D eigenvalue weighted by Gasteiger charge is -2.22. The number of anilines is 2. The molecule has 2 rings (SSSR count). The summed E-state index contributed by atoms with van der Waals surface area (Å²) in [6.07, 6.45) is 2.35. The van der Waals surface area contributed by atoms with Gasteiger partial charge in [0, 0.05) is 11.8 Å². The zero-order chi connectivity index (χ0) is 12.1. The van der Waals surface area contributed by atoms with Crippen LogP contribution in [0.1, 0.15) is 12.8 Å². The van der Waals surface area contributed by atoms with Crippen molar-refractivity contribution >= 4 is 23.7 Å². The van der Waals surface area contributed by atoms with Crippen LogP contribution >= 0.6 is 11.8 Å². The van der Waals surface area contributed by atoms with Crippen LogP contribution in [-0.4, -0.2) is 39.6 Å². The standard InChI is InChI=1S/C9H16N6OS/c1-16-9-13-7(12-8(14-9)15-10)11-6-3-2-4-17-5-6/h6H,2-5,10H2,1H3,(H2,11,12,13,14,15). The van der Waals surface area contributed by atoms with Gasteiger partial charge in [-0.2, -0.15) is 26.7 Å². The van der Waals surface area contributed by atoms with Gasteiger partial charge in [0.25, 0.3) is 0 Å². The molecule has 0 radical (unpaired) electrons. The average Bonchev–Trinajstić information content (AvgIpc) is 2.39. The second-order valence-electron chi connectivity index (χ2n) is 3.67. The van der Waals surface area contributed by atoms with Crippen LogP contribution in [-0.2, 0) is 0 Å². The summed E-state index contributed by atoms with van der Waals surface area (Å²) in [7, 11) is 1.51. The van der Waals surface area contributed by atoms with Gasteiger partial charge >= 0.3 is 6.01 Å². The summed E-state index contributed by atoms with van der Waals surface area (Å²) in [5.74, 6) is 8.38. The van der Waals surface area contributed by atoms with Crippen molar-refractivity contribution < 1.29 is 4.74 Å². The van der Waals surface area contributed by atoms with Crippen molar-refractivity contribution in [2.75, 3.05) is 29.4 Å². The van der Waals surface area contributed by atoms with Gasteiger partial charge in [-0.15, -0.1) is 0 Å². The first kappa shape index (κ1) is 12.2. The van der Waals surface area contributed by atoms with Crippen molar-refractivity contribution in [2.45, 2.75) is 18.9 Å². The molecule has 1 aliphatic rings. The molecule has 0 aliphatic carbocycles. The Morgan fingerprint density at radius 3 is 2.82 bits per heavy atom. The van der Waals surface area contributed by atoms with E-state index >= 15 is 0 Å². The zero-order valence-electron chi connectivity index (χ0n) is 9.64. The molecular formula is C9H16N6OS. The topological polar surface area (TPSA) is 98.0 Å². The molecule has 1 aliphatic heterocycles. The molecule has 0 spiro atoms. The number of nitrogen functional groups attached to an aromatic ring is 1. The Balaban J connectivity index is 2.07. The predicted molar refractivity (Wildman–Crippen MR) is 68.2 cm³/mol. The quantitative estimate of drug-likeness (QED) is 0.528. The molecule has 94 valence electrons. The Kier molecular flexibility index (Phi) is 4.21. The third kappa shape index (κ3) is 3.34. The number of methoxy groups -OCH3 is 1. The lowest BCUT2D eigenvalue weighted by Crippen LogP contribution is -2.27. The highest BCUT2D eigenvalue weighted by Gasteiger charge is 2.15. The molecule has 2 heterocycles. The van der Waals surface area contributed by atoms with Gasteiger partial charge in [-0.3, -0.25) is 5.43 Å². The van der Waals surface area contributed by atoms with E-state index in [2.05, 4.69) is 25.7 Å². The maximum atomic E-state index is 5.29. The number of nitrogens with zero attached hydrogens (tertiary/aromatic N) is 3. The van der Waals surface area contributed by atoms with Crippen LogP contribution in [0.3, 0.4) is 0 Å². The Hall–Kier alpha value is -1.28. The Morgan fingerprint density at radius 2 is 2.18 bits per heavy atom. The number of ether oxygens (including phenoxy) is 1. The fourth-order valence-electron chi connectivity index (χ4n) is 1.61. The largest absolute Gasteiger partial charge is 0.467 e. The molecule has 0 amide bonds. The first-order valence-electron chi connectivity index (χ1n) is 5.43. The van der Waals surface area contributed by atoms with E-state index in [1.807, 2.05) is 11.8 Å². The second-order valence-corrected chi connectivity index (χ2v) is 4.82. The van der Waals surface area contributed by atoms with E-state index in [1.165, 1.54) is 19.3 Å². The van der Waals surface area contributed by atoms with Gasteiger partial charge in [-0.05, 0) is 18.6 Å². The highest BCUT2D eigenvalue weighted by Crippen LogP contribution is 2.20. The molecule has 1 atom stereocenters. The summed E-state index contributed by atoms with van der Waals surface area (Å²) < 4.78 is 4.98. The van der Waals surface area contributed by atoms with Crippen LogP contribution in [0.5, 0.6) is 6.01 Å². The molecule has 1 aromatic heterocycles. The lowest BCUT2D eigenvalue weighted by molar-refractivity contribution is 0.379. The first-order chi connectivity index (χ1) is 8.31. The number of hydrogen-bond donors (Lipinski definition) is 3. The van der Waals surface area contributed by atoms with Crippen LogP contribution < -0.4 is 21.3 Å². The van der Waals surface area contributed by atoms with Gasteiger partial charge in [0.15, 0.2) is 0 Å². The van der Waals surface area contributed by atoms with Gasteiger partial charge in [-0.25, -0.2) is 5.84 Å². The fraction of sp³-hybridized carbons (Fsp3) is 0.667. The van der Waals surface area contributed by atoms with E-state index in [1.54, 1.807) is 0 Å². The Morgan fingerprint density at radius 1 is 1.35 bits per heavy atom. The molecule has 0 aromatic carbocycles. The SMILES string of the molecule is COc1nc(NN)nc(NC2CCCSC2)n1. The molecule has 8 heteroatoms. The smallest absolute Gasteiger partial charge is 0.322 e. The molecule has 1 saturated heterocycles. The molecule has 0 bridgehead atoms. The van der Waals surface area contributed by atoms with Crippen LogP contribution in [0.15, 0.2) is 0 Å². The molecule has 4 N–H and O–H groups in total. The minimum absolute atomic E-state index is 0.249. The van der Waals surface area contributed by atoms with Crippen LogP contribution in [0, 0.1) is 0 Å². The number of rotatable bonds is 4. The van der Waals surface area contributed by atoms with Gasteiger partial charge in [0.05, 0.1) is 7.11 Å². The van der Waals surface area contributed by atoms with Gasteiger partial charge in [0.2, 0.25) is 11.9 Å². The van der Waals surface area contributed by atoms with E-state index in [-0.39, 0.29) is 6.01 Å². The third-order valence-electron chi connectivity index (χ3n) is 2.42. The van der Waals surface area contributed by atoms with E-state index in [4.69, 9.17) is 10.6 Å². The van der Waals surface area contributed by atoms with Crippen molar-refractivity contribution in [1.82, 2.24) is 15.0 Å². The number of aromatic nitrogens is 3. The summed E-state index contributed by atoms with van der Waals surface area (Å²) in [6, 6.07) is 0.644. The van der Waals surface area contributed by atoms with Crippen LogP contribution in [0.25, 0.3) is 0 Å². The van der Waals surface area contributed by atoms with Crippen molar-refractivity contribution in [3.05, 3.63) is 0 Å². The number of hydrogen-bond acceptors (Lipinski definition) is 8. The summed E-state index contributed by atoms with van der Waals surface area (Å²) in [4.78, 5) is 12.2. The Bertz CT molecular complexity index is 348. The first-order valence-corrected chi connectivity index (χ1v) is 6.58. The van der Waals surface area contributed by atoms with E-state index in [0.717, 1.165) is 12.2 Å². The number of hydrazine groups is 1. The molecule has 0 saturated carbocycles. The van der Waals surface area contributed by atoms with Crippen molar-refractivity contribution in [1.29, 1.82) is 0 Å². The van der Waals surface area contributed by atoms with Crippen molar-refractivity contribution in [3.63, 3.8) is 0 Å². The van der Waals surface area contributed by atoms with Gasteiger partial charge in [-0.1, -0.05) is 0 Å². The average molecular weight is 256 g/mol. The highest BCUT2D eigenvalue weighted by atomic mass is 32.2. The zero-order valence-corrected chi connectivity index (χ0v) is 10.5. The molecule has 7 nitrogen and oxygen atoms in total. The van der Waals surface area contributed by atoms with Gasteiger partial charge < -0.3 is 10.1 Å².